The summed E-state index contributed by atoms with van der Waals surface area (Å²) in [6.07, 6.45) is -4.69. The van der Waals surface area contributed by atoms with Gasteiger partial charge in [-0.2, -0.15) is 0 Å². The van der Waals surface area contributed by atoms with Crippen LogP contribution < -0.4 is 4.74 Å². The number of hydrogen-bond donors (Lipinski definition) is 0. The molecule has 0 bridgehead atoms. The van der Waals surface area contributed by atoms with Gasteiger partial charge in [0.15, 0.2) is 0 Å². The quantitative estimate of drug-likeness (QED) is 0.611. The van der Waals surface area contributed by atoms with Crippen molar-refractivity contribution in [2.75, 3.05) is 0 Å². The second kappa shape index (κ2) is 4.12. The molecule has 5 heteroatoms. The van der Waals surface area contributed by atoms with Crippen LogP contribution in [0.3, 0.4) is 0 Å². The summed E-state index contributed by atoms with van der Waals surface area (Å²) in [7, 11) is 0. The van der Waals surface area contributed by atoms with Gasteiger partial charge in [-0.3, -0.25) is 0 Å². The standard InChI is InChI=1S/C14H8F3NO/c15-14(16,17)19-11-6-5-10-7-9-3-1-2-4-12(9)18-13(10)8-11/h1-8H. The van der Waals surface area contributed by atoms with Gasteiger partial charge in [0.1, 0.15) is 5.75 Å². The topological polar surface area (TPSA) is 22.1 Å². The molecule has 96 valence electrons. The van der Waals surface area contributed by atoms with Crippen LogP contribution in [0, 0.1) is 0 Å². The summed E-state index contributed by atoms with van der Waals surface area (Å²) in [5, 5.41) is 1.72. The monoisotopic (exact) mass is 263 g/mol. The van der Waals surface area contributed by atoms with Crippen molar-refractivity contribution in [3.05, 3.63) is 48.5 Å². The number of hydrogen-bond acceptors (Lipinski definition) is 2. The zero-order valence-electron chi connectivity index (χ0n) is 9.61. The molecule has 19 heavy (non-hydrogen) atoms. The Morgan fingerprint density at radius 3 is 2.37 bits per heavy atom. The maximum atomic E-state index is 12.2. The first-order valence-electron chi connectivity index (χ1n) is 5.57. The molecule has 0 radical (unpaired) electrons. The first-order chi connectivity index (χ1) is 9.01. The van der Waals surface area contributed by atoms with Gasteiger partial charge in [-0.05, 0) is 24.3 Å². The Hall–Kier alpha value is -2.30. The number of pyridine rings is 1. The third kappa shape index (κ3) is 2.45. The fourth-order valence-electron chi connectivity index (χ4n) is 1.95. The summed E-state index contributed by atoms with van der Waals surface area (Å²) < 4.78 is 40.3. The minimum absolute atomic E-state index is 0.261. The van der Waals surface area contributed by atoms with Crippen molar-refractivity contribution in [3.8, 4) is 5.75 Å². The molecule has 2 aromatic carbocycles. The lowest BCUT2D eigenvalue weighted by Gasteiger charge is -2.09. The number of rotatable bonds is 1. The highest BCUT2D eigenvalue weighted by Crippen LogP contribution is 2.27. The second-order valence-corrected chi connectivity index (χ2v) is 4.08. The lowest BCUT2D eigenvalue weighted by Crippen LogP contribution is -2.17. The van der Waals surface area contributed by atoms with Crippen LogP contribution in [0.2, 0.25) is 0 Å². The third-order valence-electron chi connectivity index (χ3n) is 2.72. The van der Waals surface area contributed by atoms with Gasteiger partial charge in [-0.1, -0.05) is 18.2 Å². The van der Waals surface area contributed by atoms with E-state index in [9.17, 15) is 13.2 Å². The number of alkyl halides is 3. The minimum atomic E-state index is -4.69. The van der Waals surface area contributed by atoms with E-state index < -0.39 is 6.36 Å². The summed E-state index contributed by atoms with van der Waals surface area (Å²) in [6.45, 7) is 0. The van der Waals surface area contributed by atoms with Crippen LogP contribution in [0.5, 0.6) is 5.75 Å². The van der Waals surface area contributed by atoms with Crippen LogP contribution >= 0.6 is 0 Å². The highest BCUT2D eigenvalue weighted by Gasteiger charge is 2.31. The van der Waals surface area contributed by atoms with Crippen LogP contribution in [0.1, 0.15) is 0 Å². The molecule has 0 saturated carbocycles. The second-order valence-electron chi connectivity index (χ2n) is 4.08. The highest BCUT2D eigenvalue weighted by atomic mass is 19.4. The molecule has 3 rings (SSSR count). The molecule has 0 atom stereocenters. The Labute approximate surface area is 106 Å². The SMILES string of the molecule is FC(F)(F)Oc1ccc2cc3ccccc3nc2c1. The number of benzene rings is 2. The van der Waals surface area contributed by atoms with Crippen molar-refractivity contribution in [2.24, 2.45) is 0 Å². The van der Waals surface area contributed by atoms with E-state index >= 15 is 0 Å². The molecule has 0 aliphatic heterocycles. The maximum Gasteiger partial charge on any atom is 0.573 e. The molecule has 0 N–H and O–H groups in total. The van der Waals surface area contributed by atoms with Crippen molar-refractivity contribution in [2.45, 2.75) is 6.36 Å². The number of nitrogens with zero attached hydrogens (tertiary/aromatic N) is 1. The van der Waals surface area contributed by atoms with Gasteiger partial charge < -0.3 is 4.74 Å². The molecule has 0 fully saturated rings. The molecule has 2 nitrogen and oxygen atoms in total. The Morgan fingerprint density at radius 2 is 1.58 bits per heavy atom. The molecular weight excluding hydrogens is 255 g/mol. The first kappa shape index (κ1) is 11.8. The highest BCUT2D eigenvalue weighted by molar-refractivity contribution is 5.93. The summed E-state index contributed by atoms with van der Waals surface area (Å²) in [6, 6.07) is 13.5. The Kier molecular flexibility index (Phi) is 2.55. The molecule has 0 spiro atoms. The lowest BCUT2D eigenvalue weighted by atomic mass is 10.1. The van der Waals surface area contributed by atoms with E-state index in [1.54, 1.807) is 6.07 Å². The van der Waals surface area contributed by atoms with Crippen LogP contribution in [-0.4, -0.2) is 11.3 Å². The molecule has 0 amide bonds. The fourth-order valence-corrected chi connectivity index (χ4v) is 1.95. The predicted molar refractivity (Wildman–Crippen MR) is 65.9 cm³/mol. The van der Waals surface area contributed by atoms with E-state index in [-0.39, 0.29) is 5.75 Å². The van der Waals surface area contributed by atoms with E-state index in [1.807, 2.05) is 30.3 Å². The number of aromatic nitrogens is 1. The average Bonchev–Trinajstić information content (AvgIpc) is 2.34. The zero-order chi connectivity index (χ0) is 13.5. The van der Waals surface area contributed by atoms with Crippen molar-refractivity contribution < 1.29 is 17.9 Å². The normalized spacial score (nSPS) is 11.9. The maximum absolute atomic E-state index is 12.2. The van der Waals surface area contributed by atoms with Gasteiger partial charge in [0.25, 0.3) is 0 Å². The molecule has 3 aromatic rings. The third-order valence-corrected chi connectivity index (χ3v) is 2.72. The predicted octanol–water partition coefficient (Wildman–Crippen LogP) is 4.29. The Morgan fingerprint density at radius 1 is 0.842 bits per heavy atom. The molecule has 0 aliphatic rings. The molecule has 1 heterocycles. The van der Waals surface area contributed by atoms with E-state index in [1.165, 1.54) is 12.1 Å². The van der Waals surface area contributed by atoms with Crippen molar-refractivity contribution in [1.82, 2.24) is 4.98 Å². The molecule has 0 unspecified atom stereocenters. The van der Waals surface area contributed by atoms with Gasteiger partial charge in [0, 0.05) is 16.8 Å². The van der Waals surface area contributed by atoms with Crippen LogP contribution in [0.15, 0.2) is 48.5 Å². The van der Waals surface area contributed by atoms with Crippen molar-refractivity contribution >= 4 is 21.8 Å². The lowest BCUT2D eigenvalue weighted by molar-refractivity contribution is -0.274. The smallest absolute Gasteiger partial charge is 0.406 e. The van der Waals surface area contributed by atoms with Gasteiger partial charge in [0.2, 0.25) is 0 Å². The van der Waals surface area contributed by atoms with Gasteiger partial charge >= 0.3 is 6.36 Å². The van der Waals surface area contributed by atoms with Crippen molar-refractivity contribution in [3.63, 3.8) is 0 Å². The van der Waals surface area contributed by atoms with E-state index in [4.69, 9.17) is 0 Å². The van der Waals surface area contributed by atoms with Crippen LogP contribution in [-0.2, 0) is 0 Å². The van der Waals surface area contributed by atoms with Gasteiger partial charge in [0.05, 0.1) is 11.0 Å². The number of fused-ring (bicyclic) bond motifs is 2. The summed E-state index contributed by atoms with van der Waals surface area (Å²) >= 11 is 0. The average molecular weight is 263 g/mol. The fraction of sp³-hybridized carbons (Fsp3) is 0.0714. The zero-order valence-corrected chi connectivity index (χ0v) is 9.61. The molecule has 0 saturated heterocycles. The minimum Gasteiger partial charge on any atom is -0.406 e. The van der Waals surface area contributed by atoms with Crippen molar-refractivity contribution in [1.29, 1.82) is 0 Å². The molecule has 1 aromatic heterocycles. The van der Waals surface area contributed by atoms with Gasteiger partial charge in [-0.15, -0.1) is 13.2 Å². The number of halogens is 3. The van der Waals surface area contributed by atoms with Crippen LogP contribution in [0.25, 0.3) is 21.8 Å². The Bertz CT molecular complexity index is 752. The van der Waals surface area contributed by atoms with E-state index in [0.717, 1.165) is 16.3 Å². The summed E-state index contributed by atoms with van der Waals surface area (Å²) in [4.78, 5) is 4.32. The largest absolute Gasteiger partial charge is 0.573 e. The molecular formula is C14H8F3NO. The Balaban J connectivity index is 2.14. The first-order valence-corrected chi connectivity index (χ1v) is 5.57. The van der Waals surface area contributed by atoms with E-state index in [2.05, 4.69) is 9.72 Å². The molecule has 0 aliphatic carbocycles. The summed E-state index contributed by atoms with van der Waals surface area (Å²) in [5.41, 5.74) is 1.21. The van der Waals surface area contributed by atoms with E-state index in [0.29, 0.717) is 5.52 Å². The number of ether oxygens (including phenoxy) is 1. The van der Waals surface area contributed by atoms with Gasteiger partial charge in [-0.25, -0.2) is 4.98 Å². The number of para-hydroxylation sites is 1. The van der Waals surface area contributed by atoms with Crippen LogP contribution in [0.4, 0.5) is 13.2 Å². The summed E-state index contributed by atoms with van der Waals surface area (Å²) in [5.74, 6) is -0.261.